The van der Waals surface area contributed by atoms with Crippen LogP contribution in [-0.2, 0) is 4.79 Å². The van der Waals surface area contributed by atoms with Crippen LogP contribution < -0.4 is 11.1 Å². The predicted octanol–water partition coefficient (Wildman–Crippen LogP) is 2.15. The van der Waals surface area contributed by atoms with Crippen molar-refractivity contribution >= 4 is 11.6 Å². The van der Waals surface area contributed by atoms with Crippen molar-refractivity contribution in [2.24, 2.45) is 5.73 Å². The summed E-state index contributed by atoms with van der Waals surface area (Å²) in [7, 11) is 0. The third-order valence-corrected chi connectivity index (χ3v) is 3.06. The predicted molar refractivity (Wildman–Crippen MR) is 67.2 cm³/mol. The van der Waals surface area contributed by atoms with E-state index in [0.717, 1.165) is 6.07 Å². The Kier molecular flexibility index (Phi) is 4.40. The van der Waals surface area contributed by atoms with Crippen LogP contribution in [0.15, 0.2) is 18.2 Å². The Bertz CT molecular complexity index is 489. The molecule has 18 heavy (non-hydrogen) atoms. The van der Waals surface area contributed by atoms with Crippen molar-refractivity contribution in [3.05, 3.63) is 29.6 Å². The highest BCUT2D eigenvalue weighted by Gasteiger charge is 2.30. The van der Waals surface area contributed by atoms with Crippen LogP contribution in [0, 0.1) is 17.1 Å². The average Bonchev–Trinajstić information content (AvgIpc) is 2.39. The lowest BCUT2D eigenvalue weighted by atomic mass is 9.93. The lowest BCUT2D eigenvalue weighted by Gasteiger charge is -2.25. The van der Waals surface area contributed by atoms with Gasteiger partial charge in [-0.15, -0.1) is 0 Å². The van der Waals surface area contributed by atoms with E-state index < -0.39 is 17.3 Å². The second kappa shape index (κ2) is 5.61. The van der Waals surface area contributed by atoms with Gasteiger partial charge in [0.05, 0.1) is 22.9 Å². The molecule has 0 atom stereocenters. The van der Waals surface area contributed by atoms with Crippen LogP contribution in [0.1, 0.15) is 32.3 Å². The van der Waals surface area contributed by atoms with Gasteiger partial charge in [0.25, 0.3) is 0 Å². The summed E-state index contributed by atoms with van der Waals surface area (Å²) in [6.45, 7) is 3.61. The molecule has 1 rings (SSSR count). The Morgan fingerprint density at radius 2 is 2.11 bits per heavy atom. The number of nitriles is 1. The van der Waals surface area contributed by atoms with E-state index in [0.29, 0.717) is 12.8 Å². The van der Waals surface area contributed by atoms with Gasteiger partial charge in [0.15, 0.2) is 0 Å². The van der Waals surface area contributed by atoms with Crippen LogP contribution in [-0.4, -0.2) is 11.4 Å². The SMILES string of the molecule is CCC(N)(CC)C(=O)Nc1ccc(C#N)cc1F. The fourth-order valence-electron chi connectivity index (χ4n) is 1.50. The Balaban J connectivity index is 2.92. The molecule has 96 valence electrons. The summed E-state index contributed by atoms with van der Waals surface area (Å²) in [5.41, 5.74) is 5.15. The summed E-state index contributed by atoms with van der Waals surface area (Å²) in [4.78, 5) is 11.9. The topological polar surface area (TPSA) is 78.9 Å². The Labute approximate surface area is 106 Å². The highest BCUT2D eigenvalue weighted by molar-refractivity contribution is 5.98. The normalized spacial score (nSPS) is 10.8. The number of nitrogens with zero attached hydrogens (tertiary/aromatic N) is 1. The summed E-state index contributed by atoms with van der Waals surface area (Å²) in [6, 6.07) is 5.70. The third kappa shape index (κ3) is 2.84. The van der Waals surface area contributed by atoms with Gasteiger partial charge in [0.2, 0.25) is 5.91 Å². The van der Waals surface area contributed by atoms with Crippen LogP contribution in [0.25, 0.3) is 0 Å². The molecule has 5 heteroatoms. The molecule has 0 radical (unpaired) electrons. The van der Waals surface area contributed by atoms with Gasteiger partial charge in [-0.2, -0.15) is 5.26 Å². The third-order valence-electron chi connectivity index (χ3n) is 3.06. The monoisotopic (exact) mass is 249 g/mol. The lowest BCUT2D eigenvalue weighted by Crippen LogP contribution is -2.50. The molecule has 0 spiro atoms. The van der Waals surface area contributed by atoms with Crippen molar-refractivity contribution < 1.29 is 9.18 Å². The van der Waals surface area contributed by atoms with Crippen molar-refractivity contribution in [3.8, 4) is 6.07 Å². The van der Waals surface area contributed by atoms with Gasteiger partial charge in [0.1, 0.15) is 5.82 Å². The molecule has 0 aliphatic carbocycles. The highest BCUT2D eigenvalue weighted by atomic mass is 19.1. The van der Waals surface area contributed by atoms with Crippen LogP contribution >= 0.6 is 0 Å². The average molecular weight is 249 g/mol. The molecule has 0 bridgehead atoms. The first kappa shape index (κ1) is 14.1. The van der Waals surface area contributed by atoms with Crippen molar-refractivity contribution in [1.29, 1.82) is 5.26 Å². The molecule has 0 unspecified atom stereocenters. The van der Waals surface area contributed by atoms with Crippen molar-refractivity contribution in [3.63, 3.8) is 0 Å². The number of amides is 1. The molecular weight excluding hydrogens is 233 g/mol. The summed E-state index contributed by atoms with van der Waals surface area (Å²) < 4.78 is 13.6. The van der Waals surface area contributed by atoms with Gasteiger partial charge in [-0.1, -0.05) is 13.8 Å². The summed E-state index contributed by atoms with van der Waals surface area (Å²) in [5, 5.41) is 11.1. The Hall–Kier alpha value is -1.93. The minimum atomic E-state index is -1.000. The number of halogens is 1. The van der Waals surface area contributed by atoms with E-state index in [4.69, 9.17) is 11.0 Å². The zero-order valence-corrected chi connectivity index (χ0v) is 10.5. The lowest BCUT2D eigenvalue weighted by molar-refractivity contribution is -0.121. The molecule has 0 aromatic heterocycles. The fraction of sp³-hybridized carbons (Fsp3) is 0.385. The van der Waals surface area contributed by atoms with E-state index >= 15 is 0 Å². The Morgan fingerprint density at radius 3 is 2.56 bits per heavy atom. The maximum absolute atomic E-state index is 13.6. The molecule has 4 nitrogen and oxygen atoms in total. The molecule has 0 heterocycles. The van der Waals surface area contributed by atoms with Crippen LogP contribution in [0.3, 0.4) is 0 Å². The quantitative estimate of drug-likeness (QED) is 0.858. The molecule has 0 saturated heterocycles. The first-order valence-electron chi connectivity index (χ1n) is 5.76. The van der Waals surface area contributed by atoms with Crippen LogP contribution in [0.2, 0.25) is 0 Å². The molecule has 1 aromatic carbocycles. The number of carbonyl (C=O) groups excluding carboxylic acids is 1. The summed E-state index contributed by atoms with van der Waals surface area (Å²) in [5.74, 6) is -1.06. The van der Waals surface area contributed by atoms with Gasteiger partial charge in [-0.05, 0) is 31.0 Å². The molecule has 0 aliphatic heterocycles. The number of hydrogen-bond donors (Lipinski definition) is 2. The Morgan fingerprint density at radius 1 is 1.50 bits per heavy atom. The minimum absolute atomic E-state index is 0.0377. The maximum Gasteiger partial charge on any atom is 0.244 e. The smallest absolute Gasteiger partial charge is 0.244 e. The summed E-state index contributed by atoms with van der Waals surface area (Å²) in [6.07, 6.45) is 0.931. The van der Waals surface area contributed by atoms with Gasteiger partial charge in [0, 0.05) is 0 Å². The minimum Gasteiger partial charge on any atom is -0.322 e. The molecule has 1 aromatic rings. The second-order valence-corrected chi connectivity index (χ2v) is 4.12. The highest BCUT2D eigenvalue weighted by Crippen LogP contribution is 2.19. The molecule has 1 amide bonds. The van der Waals surface area contributed by atoms with Gasteiger partial charge in [-0.3, -0.25) is 4.79 Å². The van der Waals surface area contributed by atoms with Crippen LogP contribution in [0.4, 0.5) is 10.1 Å². The van der Waals surface area contributed by atoms with Gasteiger partial charge < -0.3 is 11.1 Å². The molecule has 3 N–H and O–H groups in total. The molecule has 0 fully saturated rings. The van der Waals surface area contributed by atoms with Crippen molar-refractivity contribution in [2.75, 3.05) is 5.32 Å². The van der Waals surface area contributed by atoms with E-state index in [1.807, 2.05) is 6.07 Å². The van der Waals surface area contributed by atoms with E-state index in [2.05, 4.69) is 5.32 Å². The maximum atomic E-state index is 13.6. The number of benzene rings is 1. The number of anilines is 1. The van der Waals surface area contributed by atoms with Gasteiger partial charge >= 0.3 is 0 Å². The largest absolute Gasteiger partial charge is 0.322 e. The van der Waals surface area contributed by atoms with E-state index in [1.165, 1.54) is 12.1 Å². The van der Waals surface area contributed by atoms with Crippen molar-refractivity contribution in [1.82, 2.24) is 0 Å². The molecule has 0 aliphatic rings. The fourth-order valence-corrected chi connectivity index (χ4v) is 1.50. The van der Waals surface area contributed by atoms with E-state index in [9.17, 15) is 9.18 Å². The first-order valence-corrected chi connectivity index (χ1v) is 5.76. The zero-order valence-electron chi connectivity index (χ0n) is 10.5. The number of nitrogens with one attached hydrogen (secondary N) is 1. The molecule has 0 saturated carbocycles. The van der Waals surface area contributed by atoms with E-state index in [-0.39, 0.29) is 11.3 Å². The first-order chi connectivity index (χ1) is 8.46. The van der Waals surface area contributed by atoms with E-state index in [1.54, 1.807) is 13.8 Å². The molecular formula is C13H16FN3O. The summed E-state index contributed by atoms with van der Waals surface area (Å²) >= 11 is 0. The number of carbonyl (C=O) groups is 1. The van der Waals surface area contributed by atoms with Crippen LogP contribution in [0.5, 0.6) is 0 Å². The number of rotatable bonds is 4. The second-order valence-electron chi connectivity index (χ2n) is 4.12. The zero-order chi connectivity index (χ0) is 13.8. The number of hydrogen-bond acceptors (Lipinski definition) is 3. The van der Waals surface area contributed by atoms with Gasteiger partial charge in [-0.25, -0.2) is 4.39 Å². The number of nitrogens with two attached hydrogens (primary N) is 1. The van der Waals surface area contributed by atoms with Crippen molar-refractivity contribution in [2.45, 2.75) is 32.2 Å². The standard InChI is InChI=1S/C13H16FN3O/c1-3-13(16,4-2)12(18)17-11-6-5-9(8-15)7-10(11)14/h5-7H,3-4,16H2,1-2H3,(H,17,18).